The Hall–Kier alpha value is -3.97. The summed E-state index contributed by atoms with van der Waals surface area (Å²) in [5.74, 6) is -0.392. The number of sulfone groups is 1. The van der Waals surface area contributed by atoms with E-state index in [2.05, 4.69) is 4.57 Å². The van der Waals surface area contributed by atoms with Gasteiger partial charge in [0.2, 0.25) is 0 Å². The van der Waals surface area contributed by atoms with Gasteiger partial charge in [-0.3, -0.25) is 4.79 Å². The molecule has 4 rings (SSSR count). The number of aromatic nitrogens is 1. The van der Waals surface area contributed by atoms with E-state index in [0.717, 1.165) is 40.0 Å². The lowest BCUT2D eigenvalue weighted by Crippen LogP contribution is -2.07. The van der Waals surface area contributed by atoms with Crippen LogP contribution in [0, 0.1) is 13.8 Å². The molecule has 6 nitrogen and oxygen atoms in total. The van der Waals surface area contributed by atoms with Crippen LogP contribution in [0.5, 0.6) is 0 Å². The van der Waals surface area contributed by atoms with Crippen molar-refractivity contribution in [3.63, 3.8) is 0 Å². The Labute approximate surface area is 217 Å². The number of ketones is 1. The summed E-state index contributed by atoms with van der Waals surface area (Å²) < 4.78 is 30.6. The molecule has 1 aromatic heterocycles. The highest BCUT2D eigenvalue weighted by Crippen LogP contribution is 2.31. The first-order valence-electron chi connectivity index (χ1n) is 12.0. The molecular formula is C30H29NO5S. The molecule has 0 radical (unpaired) electrons. The van der Waals surface area contributed by atoms with Crippen LogP contribution in [0.25, 0.3) is 16.8 Å². The molecule has 0 fully saturated rings. The molecule has 0 aliphatic carbocycles. The van der Waals surface area contributed by atoms with Crippen molar-refractivity contribution in [3.8, 4) is 16.8 Å². The number of nitrogens with zero attached hydrogens (tertiary/aromatic N) is 1. The highest BCUT2D eigenvalue weighted by molar-refractivity contribution is 7.90. The van der Waals surface area contributed by atoms with Gasteiger partial charge in [0.25, 0.3) is 0 Å². The van der Waals surface area contributed by atoms with E-state index < -0.39 is 9.84 Å². The zero-order chi connectivity index (χ0) is 26.7. The lowest BCUT2D eigenvalue weighted by Gasteiger charge is -2.15. The van der Waals surface area contributed by atoms with Crippen molar-refractivity contribution in [1.82, 2.24) is 4.57 Å². The molecule has 190 valence electrons. The molecule has 0 N–H and O–H groups in total. The van der Waals surface area contributed by atoms with E-state index in [1.165, 1.54) is 12.1 Å². The molecular weight excluding hydrogens is 486 g/mol. The van der Waals surface area contributed by atoms with Crippen LogP contribution in [0.2, 0.25) is 0 Å². The van der Waals surface area contributed by atoms with Gasteiger partial charge in [-0.15, -0.1) is 0 Å². The molecule has 0 saturated carbocycles. The second-order valence-corrected chi connectivity index (χ2v) is 11.0. The van der Waals surface area contributed by atoms with Crippen LogP contribution in [0.15, 0.2) is 83.8 Å². The van der Waals surface area contributed by atoms with Crippen LogP contribution >= 0.6 is 0 Å². The fourth-order valence-corrected chi connectivity index (χ4v) is 5.09. The van der Waals surface area contributed by atoms with Gasteiger partial charge < -0.3 is 9.30 Å². The second kappa shape index (κ2) is 10.6. The van der Waals surface area contributed by atoms with E-state index in [1.54, 1.807) is 31.2 Å². The molecule has 0 aliphatic heterocycles. The van der Waals surface area contributed by atoms with E-state index >= 15 is 0 Å². The molecule has 0 bridgehead atoms. The molecule has 0 saturated heterocycles. The summed E-state index contributed by atoms with van der Waals surface area (Å²) in [6, 6.07) is 23.5. The summed E-state index contributed by atoms with van der Waals surface area (Å²) in [7, 11) is -3.29. The van der Waals surface area contributed by atoms with Crippen molar-refractivity contribution in [2.24, 2.45) is 0 Å². The van der Waals surface area contributed by atoms with Gasteiger partial charge in [0.05, 0.1) is 22.8 Å². The third-order valence-electron chi connectivity index (χ3n) is 6.30. The van der Waals surface area contributed by atoms with Crippen LogP contribution in [0.4, 0.5) is 0 Å². The van der Waals surface area contributed by atoms with Gasteiger partial charge in [-0.25, -0.2) is 13.2 Å². The number of aryl methyl sites for hydroxylation is 1. The topological polar surface area (TPSA) is 82.4 Å². The summed E-state index contributed by atoms with van der Waals surface area (Å²) in [4.78, 5) is 25.5. The molecule has 1 heterocycles. The standard InChI is InChI=1S/C30H29NO5S/c1-5-36-30(33)24-14-12-23(13-15-24)26-8-6-7-9-28(26)31-20(2)18-27(21(31)3)29(32)19-22-10-16-25(17-11-22)37(4,34)35/h6-18H,5,19H2,1-4H3. The maximum atomic E-state index is 13.2. The smallest absolute Gasteiger partial charge is 0.338 e. The Morgan fingerprint density at radius 2 is 1.54 bits per heavy atom. The van der Waals surface area contributed by atoms with Gasteiger partial charge in [-0.05, 0) is 68.3 Å². The minimum atomic E-state index is -3.29. The van der Waals surface area contributed by atoms with Crippen LogP contribution in [0.1, 0.15) is 44.6 Å². The molecule has 0 spiro atoms. The zero-order valence-corrected chi connectivity index (χ0v) is 22.1. The van der Waals surface area contributed by atoms with Crippen LogP contribution in [0.3, 0.4) is 0 Å². The van der Waals surface area contributed by atoms with E-state index in [1.807, 2.05) is 56.3 Å². The predicted molar refractivity (Wildman–Crippen MR) is 144 cm³/mol. The quantitative estimate of drug-likeness (QED) is 0.220. The van der Waals surface area contributed by atoms with Crippen LogP contribution in [-0.2, 0) is 21.0 Å². The molecule has 0 amide bonds. The molecule has 0 unspecified atom stereocenters. The normalized spacial score (nSPS) is 11.4. The average Bonchev–Trinajstić information content (AvgIpc) is 3.17. The number of rotatable bonds is 8. The number of benzene rings is 3. The number of Topliss-reactive ketones (excluding diaryl/α,β-unsaturated/α-hetero) is 1. The first-order valence-corrected chi connectivity index (χ1v) is 13.9. The number of hydrogen-bond acceptors (Lipinski definition) is 5. The maximum absolute atomic E-state index is 13.2. The second-order valence-electron chi connectivity index (χ2n) is 8.95. The van der Waals surface area contributed by atoms with Gasteiger partial charge in [0, 0.05) is 35.2 Å². The Morgan fingerprint density at radius 1 is 0.892 bits per heavy atom. The highest BCUT2D eigenvalue weighted by atomic mass is 32.2. The zero-order valence-electron chi connectivity index (χ0n) is 21.3. The van der Waals surface area contributed by atoms with Crippen molar-refractivity contribution in [2.75, 3.05) is 12.9 Å². The summed E-state index contributed by atoms with van der Waals surface area (Å²) >= 11 is 0. The number of carbonyl (C=O) groups is 2. The summed E-state index contributed by atoms with van der Waals surface area (Å²) in [6.45, 7) is 5.99. The van der Waals surface area contributed by atoms with Gasteiger partial charge in [-0.1, -0.05) is 42.5 Å². The van der Waals surface area contributed by atoms with E-state index in [4.69, 9.17) is 4.74 Å². The van der Waals surface area contributed by atoms with Gasteiger partial charge in [0.15, 0.2) is 15.6 Å². The number of hydrogen-bond donors (Lipinski definition) is 0. The van der Waals surface area contributed by atoms with Crippen molar-refractivity contribution in [3.05, 3.63) is 107 Å². The molecule has 37 heavy (non-hydrogen) atoms. The first-order chi connectivity index (χ1) is 17.6. The van der Waals surface area contributed by atoms with Crippen LogP contribution < -0.4 is 0 Å². The number of esters is 1. The Balaban J connectivity index is 1.65. The van der Waals surface area contributed by atoms with Crippen molar-refractivity contribution >= 4 is 21.6 Å². The summed E-state index contributed by atoms with van der Waals surface area (Å²) in [5, 5.41) is 0. The van der Waals surface area contributed by atoms with E-state index in [0.29, 0.717) is 17.7 Å². The monoisotopic (exact) mass is 515 g/mol. The fourth-order valence-electron chi connectivity index (χ4n) is 4.46. The third-order valence-corrected chi connectivity index (χ3v) is 7.43. The fraction of sp³-hybridized carbons (Fsp3) is 0.200. The lowest BCUT2D eigenvalue weighted by molar-refractivity contribution is 0.0526. The van der Waals surface area contributed by atoms with E-state index in [9.17, 15) is 18.0 Å². The Morgan fingerprint density at radius 3 is 2.16 bits per heavy atom. The number of ether oxygens (including phenoxy) is 1. The average molecular weight is 516 g/mol. The third kappa shape index (κ3) is 5.57. The van der Waals surface area contributed by atoms with Crippen LogP contribution in [-0.4, -0.2) is 37.6 Å². The Kier molecular flexibility index (Phi) is 7.45. The largest absolute Gasteiger partial charge is 0.462 e. The van der Waals surface area contributed by atoms with E-state index in [-0.39, 0.29) is 23.1 Å². The first kappa shape index (κ1) is 26.1. The molecule has 4 aromatic rings. The number of para-hydroxylation sites is 1. The Bertz CT molecular complexity index is 1560. The van der Waals surface area contributed by atoms with Gasteiger partial charge in [0.1, 0.15) is 0 Å². The predicted octanol–water partition coefficient (Wildman–Crippen LogP) is 5.77. The minimum Gasteiger partial charge on any atom is -0.462 e. The highest BCUT2D eigenvalue weighted by Gasteiger charge is 2.19. The molecule has 0 aliphatic rings. The molecule has 0 atom stereocenters. The summed E-state index contributed by atoms with van der Waals surface area (Å²) in [6.07, 6.45) is 1.33. The number of carbonyl (C=O) groups excluding carboxylic acids is 2. The summed E-state index contributed by atoms with van der Waals surface area (Å²) in [5.41, 5.74) is 6.45. The molecule has 3 aromatic carbocycles. The van der Waals surface area contributed by atoms with Gasteiger partial charge in [-0.2, -0.15) is 0 Å². The maximum Gasteiger partial charge on any atom is 0.338 e. The SMILES string of the molecule is CCOC(=O)c1ccc(-c2ccccc2-n2c(C)cc(C(=O)Cc3ccc(S(C)(=O)=O)cc3)c2C)cc1. The van der Waals surface area contributed by atoms with Crippen molar-refractivity contribution in [2.45, 2.75) is 32.1 Å². The van der Waals surface area contributed by atoms with Crippen molar-refractivity contribution in [1.29, 1.82) is 0 Å². The minimum absolute atomic E-state index is 0.0391. The van der Waals surface area contributed by atoms with Crippen molar-refractivity contribution < 1.29 is 22.7 Å². The van der Waals surface area contributed by atoms with Gasteiger partial charge >= 0.3 is 5.97 Å². The lowest BCUT2D eigenvalue weighted by atomic mass is 10.0. The molecule has 7 heteroatoms.